The molecule has 1 N–H and O–H groups in total. The SMILES string of the molecule is Cc1c(NC(=O)C(c2ccccc2)N2CCS(=O)(=O)CC2)c(=O)n(-c2ccccc2)n1C. The molecule has 1 fully saturated rings. The summed E-state index contributed by atoms with van der Waals surface area (Å²) in [6.07, 6.45) is 0. The molecule has 1 atom stereocenters. The van der Waals surface area contributed by atoms with Crippen LogP contribution in [0.15, 0.2) is 65.5 Å². The minimum atomic E-state index is -3.09. The summed E-state index contributed by atoms with van der Waals surface area (Å²) >= 11 is 0. The van der Waals surface area contributed by atoms with Gasteiger partial charge < -0.3 is 5.32 Å². The van der Waals surface area contributed by atoms with Crippen LogP contribution in [0.2, 0.25) is 0 Å². The van der Waals surface area contributed by atoms with Crippen LogP contribution < -0.4 is 10.9 Å². The predicted octanol–water partition coefficient (Wildman–Crippen LogP) is 1.89. The highest BCUT2D eigenvalue weighted by molar-refractivity contribution is 7.91. The monoisotopic (exact) mass is 454 g/mol. The number of nitrogens with zero attached hydrogens (tertiary/aromatic N) is 3. The molecule has 1 aliphatic rings. The van der Waals surface area contributed by atoms with E-state index in [2.05, 4.69) is 5.32 Å². The first kappa shape index (κ1) is 22.0. The second kappa shape index (κ2) is 8.76. The van der Waals surface area contributed by atoms with Gasteiger partial charge in [-0.1, -0.05) is 48.5 Å². The highest BCUT2D eigenvalue weighted by atomic mass is 32.2. The van der Waals surface area contributed by atoms with Gasteiger partial charge in [0, 0.05) is 20.1 Å². The van der Waals surface area contributed by atoms with Crippen molar-refractivity contribution in [2.24, 2.45) is 7.05 Å². The topological polar surface area (TPSA) is 93.4 Å². The number of sulfone groups is 1. The van der Waals surface area contributed by atoms with E-state index in [1.807, 2.05) is 65.6 Å². The first-order valence-corrected chi connectivity index (χ1v) is 12.2. The van der Waals surface area contributed by atoms with Crippen LogP contribution in [0.5, 0.6) is 0 Å². The summed E-state index contributed by atoms with van der Waals surface area (Å²) in [5.41, 5.74) is 1.97. The van der Waals surface area contributed by atoms with E-state index in [0.29, 0.717) is 11.4 Å². The molecule has 9 heteroatoms. The molecule has 0 bridgehead atoms. The molecule has 0 radical (unpaired) electrons. The van der Waals surface area contributed by atoms with Crippen molar-refractivity contribution in [1.82, 2.24) is 14.3 Å². The van der Waals surface area contributed by atoms with Crippen LogP contribution in [0.4, 0.5) is 5.69 Å². The summed E-state index contributed by atoms with van der Waals surface area (Å²) in [5, 5.41) is 2.84. The van der Waals surface area contributed by atoms with E-state index >= 15 is 0 Å². The van der Waals surface area contributed by atoms with Gasteiger partial charge in [0.2, 0.25) is 5.91 Å². The third-order valence-corrected chi connectivity index (χ3v) is 7.52. The Labute approximate surface area is 187 Å². The number of carbonyl (C=O) groups excluding carboxylic acids is 1. The van der Waals surface area contributed by atoms with Crippen molar-refractivity contribution < 1.29 is 13.2 Å². The zero-order chi connectivity index (χ0) is 22.9. The summed E-state index contributed by atoms with van der Waals surface area (Å²) < 4.78 is 27.0. The number of carbonyl (C=O) groups is 1. The number of anilines is 1. The van der Waals surface area contributed by atoms with Crippen molar-refractivity contribution in [1.29, 1.82) is 0 Å². The van der Waals surface area contributed by atoms with Crippen LogP contribution in [0.25, 0.3) is 5.69 Å². The lowest BCUT2D eigenvalue weighted by Crippen LogP contribution is -2.46. The second-order valence-corrected chi connectivity index (χ2v) is 10.2. The Kier molecular flexibility index (Phi) is 6.03. The molecule has 32 heavy (non-hydrogen) atoms. The maximum absolute atomic E-state index is 13.5. The lowest BCUT2D eigenvalue weighted by atomic mass is 10.0. The highest BCUT2D eigenvalue weighted by Crippen LogP contribution is 2.25. The molecule has 8 nitrogen and oxygen atoms in total. The third kappa shape index (κ3) is 4.26. The number of benzene rings is 2. The van der Waals surface area contributed by atoms with E-state index in [-0.39, 0.29) is 41.7 Å². The van der Waals surface area contributed by atoms with E-state index < -0.39 is 15.9 Å². The molecule has 2 heterocycles. The van der Waals surface area contributed by atoms with Crippen LogP contribution in [0, 0.1) is 6.92 Å². The highest BCUT2D eigenvalue weighted by Gasteiger charge is 2.33. The number of rotatable bonds is 5. The maximum Gasteiger partial charge on any atom is 0.295 e. The number of hydrogen-bond donors (Lipinski definition) is 1. The van der Waals surface area contributed by atoms with E-state index in [4.69, 9.17) is 0 Å². The minimum absolute atomic E-state index is 0.00872. The average Bonchev–Trinajstić information content (AvgIpc) is 2.99. The molecular weight excluding hydrogens is 428 g/mol. The zero-order valence-electron chi connectivity index (χ0n) is 18.1. The molecule has 3 aromatic rings. The normalized spacial score (nSPS) is 17.1. The molecule has 0 spiro atoms. The van der Waals surface area contributed by atoms with Crippen molar-refractivity contribution >= 4 is 21.4 Å². The van der Waals surface area contributed by atoms with Gasteiger partial charge in [-0.2, -0.15) is 0 Å². The van der Waals surface area contributed by atoms with Gasteiger partial charge in [-0.25, -0.2) is 13.1 Å². The fourth-order valence-electron chi connectivity index (χ4n) is 4.05. The lowest BCUT2D eigenvalue weighted by molar-refractivity contribution is -0.121. The molecule has 0 saturated carbocycles. The average molecular weight is 455 g/mol. The van der Waals surface area contributed by atoms with Crippen LogP contribution >= 0.6 is 0 Å². The van der Waals surface area contributed by atoms with E-state index in [0.717, 1.165) is 5.56 Å². The Hall–Kier alpha value is -3.17. The van der Waals surface area contributed by atoms with Gasteiger partial charge in [-0.15, -0.1) is 0 Å². The van der Waals surface area contributed by atoms with Gasteiger partial charge >= 0.3 is 0 Å². The first-order chi connectivity index (χ1) is 15.3. The van der Waals surface area contributed by atoms with E-state index in [9.17, 15) is 18.0 Å². The van der Waals surface area contributed by atoms with Crippen LogP contribution in [0.3, 0.4) is 0 Å². The quantitative estimate of drug-likeness (QED) is 0.636. The Morgan fingerprint density at radius 1 is 0.969 bits per heavy atom. The molecule has 1 aliphatic heterocycles. The summed E-state index contributed by atoms with van der Waals surface area (Å²) in [4.78, 5) is 28.5. The fourth-order valence-corrected chi connectivity index (χ4v) is 5.28. The smallest absolute Gasteiger partial charge is 0.295 e. The summed E-state index contributed by atoms with van der Waals surface area (Å²) in [7, 11) is -1.32. The largest absolute Gasteiger partial charge is 0.318 e. The lowest BCUT2D eigenvalue weighted by Gasteiger charge is -2.33. The van der Waals surface area contributed by atoms with Crippen molar-refractivity contribution in [3.05, 3.63) is 82.3 Å². The molecular formula is C23H26N4O4S. The summed E-state index contributed by atoms with van der Waals surface area (Å²) in [5.74, 6) is -0.342. The molecule has 1 saturated heterocycles. The predicted molar refractivity (Wildman–Crippen MR) is 124 cm³/mol. The molecule has 0 aliphatic carbocycles. The Morgan fingerprint density at radius 2 is 1.53 bits per heavy atom. The number of amides is 1. The summed E-state index contributed by atoms with van der Waals surface area (Å²) in [6, 6.07) is 17.7. The number of hydrogen-bond acceptors (Lipinski definition) is 5. The van der Waals surface area contributed by atoms with Crippen molar-refractivity contribution in [2.45, 2.75) is 13.0 Å². The zero-order valence-corrected chi connectivity index (χ0v) is 18.9. The van der Waals surface area contributed by atoms with E-state index in [1.165, 1.54) is 4.68 Å². The first-order valence-electron chi connectivity index (χ1n) is 10.4. The standard InChI is InChI=1S/C23H26N4O4S/c1-17-20(23(29)27(25(17)2)19-11-7-4-8-12-19)24-22(28)21(18-9-5-3-6-10-18)26-13-15-32(30,31)16-14-26/h3-12,21H,13-16H2,1-2H3,(H,24,28). The summed E-state index contributed by atoms with van der Waals surface area (Å²) in [6.45, 7) is 2.30. The Morgan fingerprint density at radius 3 is 2.12 bits per heavy atom. The van der Waals surface area contributed by atoms with Gasteiger partial charge in [-0.3, -0.25) is 19.2 Å². The second-order valence-electron chi connectivity index (χ2n) is 7.93. The molecule has 1 amide bonds. The molecule has 4 rings (SSSR count). The number of para-hydroxylation sites is 1. The van der Waals surface area contributed by atoms with Gasteiger partial charge in [0.05, 0.1) is 22.9 Å². The number of nitrogens with one attached hydrogen (secondary N) is 1. The Bertz CT molecular complexity index is 1270. The van der Waals surface area contributed by atoms with Crippen molar-refractivity contribution in [3.8, 4) is 5.69 Å². The third-order valence-electron chi connectivity index (χ3n) is 5.91. The number of aromatic nitrogens is 2. The van der Waals surface area contributed by atoms with Crippen LogP contribution in [-0.4, -0.2) is 53.2 Å². The van der Waals surface area contributed by atoms with Crippen LogP contribution in [-0.2, 0) is 21.7 Å². The molecule has 1 unspecified atom stereocenters. The fraction of sp³-hybridized carbons (Fsp3) is 0.304. The minimum Gasteiger partial charge on any atom is -0.318 e. The molecule has 168 valence electrons. The van der Waals surface area contributed by atoms with Gasteiger partial charge in [-0.05, 0) is 24.6 Å². The molecule has 2 aromatic carbocycles. The van der Waals surface area contributed by atoms with Gasteiger partial charge in [0.15, 0.2) is 9.84 Å². The maximum atomic E-state index is 13.5. The Balaban J connectivity index is 1.68. The van der Waals surface area contributed by atoms with E-state index in [1.54, 1.807) is 18.7 Å². The van der Waals surface area contributed by atoms with Gasteiger partial charge in [0.1, 0.15) is 11.7 Å². The van der Waals surface area contributed by atoms with Crippen molar-refractivity contribution in [2.75, 3.05) is 29.9 Å². The van der Waals surface area contributed by atoms with Crippen molar-refractivity contribution in [3.63, 3.8) is 0 Å². The van der Waals surface area contributed by atoms with Crippen LogP contribution in [0.1, 0.15) is 17.3 Å². The molecule has 1 aromatic heterocycles. The van der Waals surface area contributed by atoms with Gasteiger partial charge in [0.25, 0.3) is 5.56 Å².